The van der Waals surface area contributed by atoms with Crippen molar-refractivity contribution < 1.29 is 9.53 Å². The minimum atomic E-state index is -0.168. The van der Waals surface area contributed by atoms with E-state index in [0.717, 1.165) is 5.92 Å². The van der Waals surface area contributed by atoms with Gasteiger partial charge in [-0.1, -0.05) is 56.5 Å². The van der Waals surface area contributed by atoms with Crippen LogP contribution in [0.25, 0.3) is 0 Å². The number of methoxy groups -OCH3 is 1. The summed E-state index contributed by atoms with van der Waals surface area (Å²) in [5.41, 5.74) is 0. The molecule has 0 spiro atoms. The summed E-state index contributed by atoms with van der Waals surface area (Å²) in [5.74, 6) is 1.05. The SMILES string of the molecule is COC(=O)C/C=C/[C@@H](C)[C@@H](Sc1ccccc1)C1CCCCC1. The van der Waals surface area contributed by atoms with Crippen molar-refractivity contribution >= 4 is 17.7 Å². The zero-order valence-electron chi connectivity index (χ0n) is 14.2. The van der Waals surface area contributed by atoms with Crippen molar-refractivity contribution in [3.05, 3.63) is 42.5 Å². The van der Waals surface area contributed by atoms with E-state index >= 15 is 0 Å². The van der Waals surface area contributed by atoms with Crippen LogP contribution >= 0.6 is 11.8 Å². The second-order valence-corrected chi connectivity index (χ2v) is 7.61. The zero-order valence-corrected chi connectivity index (χ0v) is 15.1. The summed E-state index contributed by atoms with van der Waals surface area (Å²) >= 11 is 2.00. The maximum Gasteiger partial charge on any atom is 0.309 e. The van der Waals surface area contributed by atoms with Gasteiger partial charge in [-0.15, -0.1) is 11.8 Å². The Morgan fingerprint density at radius 2 is 1.96 bits per heavy atom. The first kappa shape index (κ1) is 18.1. The maximum atomic E-state index is 11.3. The highest BCUT2D eigenvalue weighted by Gasteiger charge is 2.27. The molecule has 2 rings (SSSR count). The van der Waals surface area contributed by atoms with Crippen molar-refractivity contribution in [2.75, 3.05) is 7.11 Å². The van der Waals surface area contributed by atoms with Crippen molar-refractivity contribution in [1.29, 1.82) is 0 Å². The molecule has 1 aromatic rings. The molecule has 3 heteroatoms. The number of carbonyl (C=O) groups is 1. The number of benzene rings is 1. The highest BCUT2D eigenvalue weighted by Crippen LogP contribution is 2.40. The van der Waals surface area contributed by atoms with Crippen molar-refractivity contribution in [3.8, 4) is 0 Å². The second-order valence-electron chi connectivity index (χ2n) is 6.36. The Bertz CT molecular complexity index is 492. The van der Waals surface area contributed by atoms with Gasteiger partial charge in [0.05, 0.1) is 13.5 Å². The smallest absolute Gasteiger partial charge is 0.309 e. The first-order chi connectivity index (χ1) is 11.2. The average molecular weight is 333 g/mol. The predicted molar refractivity (Wildman–Crippen MR) is 97.6 cm³/mol. The van der Waals surface area contributed by atoms with Crippen LogP contribution in [0.3, 0.4) is 0 Å². The van der Waals surface area contributed by atoms with Crippen LogP contribution in [0.5, 0.6) is 0 Å². The molecule has 0 aromatic heterocycles. The highest BCUT2D eigenvalue weighted by atomic mass is 32.2. The fourth-order valence-electron chi connectivity index (χ4n) is 3.32. The molecule has 0 aliphatic heterocycles. The fourth-order valence-corrected chi connectivity index (χ4v) is 4.72. The fraction of sp³-hybridized carbons (Fsp3) is 0.550. The molecule has 1 aliphatic rings. The number of esters is 1. The lowest BCUT2D eigenvalue weighted by molar-refractivity contribution is -0.139. The van der Waals surface area contributed by atoms with Crippen molar-refractivity contribution in [2.45, 2.75) is 55.6 Å². The molecule has 2 nitrogen and oxygen atoms in total. The van der Waals surface area contributed by atoms with Gasteiger partial charge in [0.25, 0.3) is 0 Å². The molecule has 23 heavy (non-hydrogen) atoms. The van der Waals surface area contributed by atoms with Gasteiger partial charge in [0.2, 0.25) is 0 Å². The lowest BCUT2D eigenvalue weighted by Crippen LogP contribution is -2.25. The molecule has 1 aliphatic carbocycles. The number of thioether (sulfide) groups is 1. The van der Waals surface area contributed by atoms with Crippen molar-refractivity contribution in [3.63, 3.8) is 0 Å². The first-order valence-corrected chi connectivity index (χ1v) is 9.54. The molecule has 1 saturated carbocycles. The largest absolute Gasteiger partial charge is 0.469 e. The van der Waals surface area contributed by atoms with E-state index in [1.807, 2.05) is 17.8 Å². The van der Waals surface area contributed by atoms with Crippen LogP contribution < -0.4 is 0 Å². The molecule has 0 N–H and O–H groups in total. The van der Waals surface area contributed by atoms with Crippen LogP contribution in [0, 0.1) is 11.8 Å². The summed E-state index contributed by atoms with van der Waals surface area (Å²) in [7, 11) is 1.44. The number of rotatable bonds is 7. The van der Waals surface area contributed by atoms with E-state index in [-0.39, 0.29) is 5.97 Å². The molecule has 1 aromatic carbocycles. The Hall–Kier alpha value is -1.22. The van der Waals surface area contributed by atoms with Gasteiger partial charge < -0.3 is 4.74 Å². The zero-order chi connectivity index (χ0) is 16.5. The lowest BCUT2D eigenvalue weighted by atomic mass is 9.82. The second kappa shape index (κ2) is 9.82. The average Bonchev–Trinajstić information content (AvgIpc) is 2.61. The third-order valence-corrected chi connectivity index (χ3v) is 6.23. The molecular formula is C20H28O2S. The number of carbonyl (C=O) groups excluding carboxylic acids is 1. The summed E-state index contributed by atoms with van der Waals surface area (Å²) < 4.78 is 4.71. The predicted octanol–water partition coefficient (Wildman–Crippen LogP) is 5.48. The van der Waals surface area contributed by atoms with Crippen LogP contribution in [0.1, 0.15) is 45.4 Å². The monoisotopic (exact) mass is 332 g/mol. The summed E-state index contributed by atoms with van der Waals surface area (Å²) in [6.45, 7) is 2.28. The third-order valence-electron chi connectivity index (χ3n) is 4.60. The van der Waals surface area contributed by atoms with E-state index in [1.54, 1.807) is 0 Å². The van der Waals surface area contributed by atoms with E-state index in [4.69, 9.17) is 4.74 Å². The molecule has 1 fully saturated rings. The quantitative estimate of drug-likeness (QED) is 0.375. The van der Waals surface area contributed by atoms with Crippen LogP contribution in [0.2, 0.25) is 0 Å². The van der Waals surface area contributed by atoms with Gasteiger partial charge in [-0.2, -0.15) is 0 Å². The molecule has 0 saturated heterocycles. The van der Waals surface area contributed by atoms with E-state index in [1.165, 1.54) is 44.1 Å². The topological polar surface area (TPSA) is 26.3 Å². The third kappa shape index (κ3) is 6.06. The first-order valence-electron chi connectivity index (χ1n) is 8.66. The summed E-state index contributed by atoms with van der Waals surface area (Å²) in [5, 5.41) is 0.576. The normalized spacial score (nSPS) is 18.7. The maximum absolute atomic E-state index is 11.3. The lowest BCUT2D eigenvalue weighted by Gasteiger charge is -2.33. The van der Waals surface area contributed by atoms with Gasteiger partial charge in [0.1, 0.15) is 0 Å². The van der Waals surface area contributed by atoms with Gasteiger partial charge in [0, 0.05) is 10.1 Å². The Balaban J connectivity index is 2.03. The molecule has 0 bridgehead atoms. The minimum Gasteiger partial charge on any atom is -0.469 e. The van der Waals surface area contributed by atoms with Crippen LogP contribution in [0.15, 0.2) is 47.4 Å². The van der Waals surface area contributed by atoms with Gasteiger partial charge in [-0.25, -0.2) is 0 Å². The molecule has 126 valence electrons. The molecule has 0 amide bonds. The summed E-state index contributed by atoms with van der Waals surface area (Å²) in [6, 6.07) is 10.7. The number of allylic oxidation sites excluding steroid dienone is 1. The van der Waals surface area contributed by atoms with Crippen molar-refractivity contribution in [2.24, 2.45) is 11.8 Å². The summed E-state index contributed by atoms with van der Waals surface area (Å²) in [4.78, 5) is 12.6. The van der Waals surface area contributed by atoms with E-state index in [0.29, 0.717) is 17.6 Å². The van der Waals surface area contributed by atoms with Gasteiger partial charge in [-0.05, 0) is 36.8 Å². The van der Waals surface area contributed by atoms with E-state index in [2.05, 4.69) is 43.3 Å². The van der Waals surface area contributed by atoms with Gasteiger partial charge >= 0.3 is 5.97 Å². The molecule has 0 unspecified atom stereocenters. The number of hydrogen-bond donors (Lipinski definition) is 0. The van der Waals surface area contributed by atoms with Crippen molar-refractivity contribution in [1.82, 2.24) is 0 Å². The number of hydrogen-bond acceptors (Lipinski definition) is 3. The Morgan fingerprint density at radius 1 is 1.26 bits per heavy atom. The molecule has 0 radical (unpaired) electrons. The molecular weight excluding hydrogens is 304 g/mol. The molecule has 0 heterocycles. The highest BCUT2D eigenvalue weighted by molar-refractivity contribution is 8.00. The standard InChI is InChI=1S/C20H28O2S/c1-16(10-9-15-19(21)22-2)20(17-11-5-3-6-12-17)23-18-13-7-4-8-14-18/h4,7-10,13-14,16-17,20H,3,5-6,11-12,15H2,1-2H3/b10-9+/t16-,20-/m1/s1. The van der Waals surface area contributed by atoms with E-state index < -0.39 is 0 Å². The van der Waals surface area contributed by atoms with E-state index in [9.17, 15) is 4.79 Å². The summed E-state index contributed by atoms with van der Waals surface area (Å²) in [6.07, 6.45) is 11.3. The van der Waals surface area contributed by atoms with Crippen LogP contribution in [-0.4, -0.2) is 18.3 Å². The molecule has 2 atom stereocenters. The van der Waals surface area contributed by atoms with Gasteiger partial charge in [-0.3, -0.25) is 4.79 Å². The van der Waals surface area contributed by atoms with Crippen LogP contribution in [0.4, 0.5) is 0 Å². The Labute approximate surface area is 144 Å². The van der Waals surface area contributed by atoms with Gasteiger partial charge in [0.15, 0.2) is 0 Å². The number of ether oxygens (including phenoxy) is 1. The van der Waals surface area contributed by atoms with Crippen LogP contribution in [-0.2, 0) is 9.53 Å². The Kier molecular flexibility index (Phi) is 7.73. The minimum absolute atomic E-state index is 0.168. The Morgan fingerprint density at radius 3 is 2.61 bits per heavy atom.